The highest BCUT2D eigenvalue weighted by molar-refractivity contribution is 5.70. The van der Waals surface area contributed by atoms with Gasteiger partial charge in [-0.15, -0.1) is 0 Å². The summed E-state index contributed by atoms with van der Waals surface area (Å²) in [4.78, 5) is 4.87. The minimum atomic E-state index is 0.566. The van der Waals surface area contributed by atoms with E-state index in [1.165, 1.54) is 37.9 Å². The highest BCUT2D eigenvalue weighted by atomic mass is 15.2. The average molecular weight is 273 g/mol. The SMILES string of the molecule is CCn1c(C2CCCCC2)nc(-c2cnn(C)c2)c1N. The lowest BCUT2D eigenvalue weighted by molar-refractivity contribution is 0.418. The highest BCUT2D eigenvalue weighted by Crippen LogP contribution is 2.36. The first-order valence-corrected chi connectivity index (χ1v) is 7.55. The van der Waals surface area contributed by atoms with E-state index in [2.05, 4.69) is 16.6 Å². The average Bonchev–Trinajstić information content (AvgIpc) is 3.03. The highest BCUT2D eigenvalue weighted by Gasteiger charge is 2.24. The molecule has 0 atom stereocenters. The number of nitrogen functional groups attached to an aromatic ring is 1. The topological polar surface area (TPSA) is 61.7 Å². The van der Waals surface area contributed by atoms with Crippen LogP contribution in [0.5, 0.6) is 0 Å². The van der Waals surface area contributed by atoms with Gasteiger partial charge in [-0.3, -0.25) is 4.68 Å². The molecule has 1 aliphatic carbocycles. The molecule has 0 bridgehead atoms. The Bertz CT molecular complexity index is 589. The fourth-order valence-corrected chi connectivity index (χ4v) is 3.24. The molecule has 5 heteroatoms. The minimum Gasteiger partial charge on any atom is -0.383 e. The van der Waals surface area contributed by atoms with Crippen LogP contribution in [0.25, 0.3) is 11.3 Å². The van der Waals surface area contributed by atoms with Crippen LogP contribution < -0.4 is 5.73 Å². The van der Waals surface area contributed by atoms with Crippen LogP contribution in [-0.4, -0.2) is 19.3 Å². The van der Waals surface area contributed by atoms with Crippen LogP contribution in [-0.2, 0) is 13.6 Å². The molecule has 0 aromatic carbocycles. The molecule has 2 heterocycles. The third-order valence-electron chi connectivity index (χ3n) is 4.30. The van der Waals surface area contributed by atoms with Gasteiger partial charge in [0.15, 0.2) is 0 Å². The first-order valence-electron chi connectivity index (χ1n) is 7.55. The Hall–Kier alpha value is -1.78. The standard InChI is InChI=1S/C15H23N5/c1-3-20-14(16)13(12-9-17-19(2)10-12)18-15(20)11-7-5-4-6-8-11/h9-11H,3-8,16H2,1-2H3. The van der Waals surface area contributed by atoms with Crippen LogP contribution in [0.3, 0.4) is 0 Å². The lowest BCUT2D eigenvalue weighted by Gasteiger charge is -2.21. The van der Waals surface area contributed by atoms with Gasteiger partial charge in [0.1, 0.15) is 17.3 Å². The van der Waals surface area contributed by atoms with E-state index in [9.17, 15) is 0 Å². The van der Waals surface area contributed by atoms with Crippen LogP contribution >= 0.6 is 0 Å². The van der Waals surface area contributed by atoms with Gasteiger partial charge in [-0.25, -0.2) is 4.98 Å². The number of hydrogen-bond donors (Lipinski definition) is 1. The summed E-state index contributed by atoms with van der Waals surface area (Å²) in [5.74, 6) is 2.51. The zero-order valence-electron chi connectivity index (χ0n) is 12.3. The molecular weight excluding hydrogens is 250 g/mol. The molecule has 0 aliphatic heterocycles. The predicted octanol–water partition coefficient (Wildman–Crippen LogP) is 2.93. The smallest absolute Gasteiger partial charge is 0.131 e. The molecule has 0 spiro atoms. The molecule has 3 rings (SSSR count). The zero-order chi connectivity index (χ0) is 14.1. The number of anilines is 1. The van der Waals surface area contributed by atoms with Gasteiger partial charge in [0.2, 0.25) is 0 Å². The van der Waals surface area contributed by atoms with Crippen LogP contribution in [0, 0.1) is 0 Å². The van der Waals surface area contributed by atoms with Gasteiger partial charge in [-0.2, -0.15) is 5.10 Å². The Morgan fingerprint density at radius 3 is 2.65 bits per heavy atom. The number of nitrogens with two attached hydrogens (primary N) is 1. The molecule has 0 unspecified atom stereocenters. The summed E-state index contributed by atoms with van der Waals surface area (Å²) in [6.07, 6.45) is 10.3. The van der Waals surface area contributed by atoms with E-state index in [1.54, 1.807) is 4.68 Å². The van der Waals surface area contributed by atoms with E-state index < -0.39 is 0 Å². The zero-order valence-corrected chi connectivity index (χ0v) is 12.3. The van der Waals surface area contributed by atoms with Crippen molar-refractivity contribution in [3.8, 4) is 11.3 Å². The van der Waals surface area contributed by atoms with Crippen molar-refractivity contribution >= 4 is 5.82 Å². The second-order valence-corrected chi connectivity index (χ2v) is 5.69. The molecule has 0 saturated heterocycles. The number of aryl methyl sites for hydroxylation is 1. The summed E-state index contributed by atoms with van der Waals surface area (Å²) in [7, 11) is 1.92. The molecule has 5 nitrogen and oxygen atoms in total. The molecule has 2 aromatic heterocycles. The van der Waals surface area contributed by atoms with Crippen molar-refractivity contribution in [3.05, 3.63) is 18.2 Å². The van der Waals surface area contributed by atoms with Gasteiger partial charge in [0.25, 0.3) is 0 Å². The van der Waals surface area contributed by atoms with Crippen LogP contribution in [0.2, 0.25) is 0 Å². The first-order chi connectivity index (χ1) is 9.70. The second kappa shape index (κ2) is 5.31. The summed E-state index contributed by atoms with van der Waals surface area (Å²) >= 11 is 0. The third kappa shape index (κ3) is 2.21. The van der Waals surface area contributed by atoms with Gasteiger partial charge < -0.3 is 10.3 Å². The van der Waals surface area contributed by atoms with Crippen LogP contribution in [0.4, 0.5) is 5.82 Å². The molecule has 1 aliphatic rings. The van der Waals surface area contributed by atoms with Crippen LogP contribution in [0.1, 0.15) is 50.8 Å². The molecule has 2 N–H and O–H groups in total. The Kier molecular flexibility index (Phi) is 3.51. The number of imidazole rings is 1. The fraction of sp³-hybridized carbons (Fsp3) is 0.600. The number of aromatic nitrogens is 4. The fourth-order valence-electron chi connectivity index (χ4n) is 3.24. The lowest BCUT2D eigenvalue weighted by Crippen LogP contribution is -2.12. The molecular formula is C15H23N5. The molecule has 2 aromatic rings. The van der Waals surface area contributed by atoms with Crippen molar-refractivity contribution in [1.82, 2.24) is 19.3 Å². The van der Waals surface area contributed by atoms with E-state index in [4.69, 9.17) is 10.7 Å². The summed E-state index contributed by atoms with van der Waals surface area (Å²) in [6.45, 7) is 3.02. The molecule has 108 valence electrons. The Balaban J connectivity index is 2.02. The Labute approximate surface area is 119 Å². The maximum atomic E-state index is 6.33. The summed E-state index contributed by atoms with van der Waals surface area (Å²) in [6, 6.07) is 0. The summed E-state index contributed by atoms with van der Waals surface area (Å²) in [5.41, 5.74) is 8.22. The molecule has 20 heavy (non-hydrogen) atoms. The van der Waals surface area contributed by atoms with E-state index in [0.29, 0.717) is 5.92 Å². The lowest BCUT2D eigenvalue weighted by atomic mass is 9.88. The minimum absolute atomic E-state index is 0.566. The van der Waals surface area contributed by atoms with Crippen LogP contribution in [0.15, 0.2) is 12.4 Å². The first kappa shape index (κ1) is 13.2. The van der Waals surface area contributed by atoms with Gasteiger partial charge in [0.05, 0.1) is 6.20 Å². The van der Waals surface area contributed by atoms with Crippen molar-refractivity contribution in [1.29, 1.82) is 0 Å². The predicted molar refractivity (Wildman–Crippen MR) is 80.3 cm³/mol. The largest absolute Gasteiger partial charge is 0.383 e. The van der Waals surface area contributed by atoms with E-state index in [1.807, 2.05) is 19.4 Å². The number of nitrogens with zero attached hydrogens (tertiary/aromatic N) is 4. The van der Waals surface area contributed by atoms with Gasteiger partial charge in [-0.1, -0.05) is 19.3 Å². The van der Waals surface area contributed by atoms with Crippen molar-refractivity contribution in [2.45, 2.75) is 51.5 Å². The van der Waals surface area contributed by atoms with Crippen molar-refractivity contribution < 1.29 is 0 Å². The van der Waals surface area contributed by atoms with Gasteiger partial charge in [0, 0.05) is 31.3 Å². The Morgan fingerprint density at radius 2 is 2.05 bits per heavy atom. The molecule has 0 amide bonds. The monoisotopic (exact) mass is 273 g/mol. The van der Waals surface area contributed by atoms with Crippen molar-refractivity contribution in [2.75, 3.05) is 5.73 Å². The maximum absolute atomic E-state index is 6.33. The second-order valence-electron chi connectivity index (χ2n) is 5.69. The third-order valence-corrected chi connectivity index (χ3v) is 4.30. The summed E-state index contributed by atoms with van der Waals surface area (Å²) < 4.78 is 3.97. The maximum Gasteiger partial charge on any atom is 0.131 e. The molecule has 1 fully saturated rings. The quantitative estimate of drug-likeness (QED) is 0.935. The van der Waals surface area contributed by atoms with Crippen molar-refractivity contribution in [3.63, 3.8) is 0 Å². The van der Waals surface area contributed by atoms with Gasteiger partial charge in [-0.05, 0) is 19.8 Å². The summed E-state index contributed by atoms with van der Waals surface area (Å²) in [5, 5.41) is 4.22. The normalized spacial score (nSPS) is 16.7. The number of rotatable bonds is 3. The van der Waals surface area contributed by atoms with Crippen molar-refractivity contribution in [2.24, 2.45) is 7.05 Å². The molecule has 1 saturated carbocycles. The van der Waals surface area contributed by atoms with E-state index >= 15 is 0 Å². The number of hydrogen-bond acceptors (Lipinski definition) is 3. The van der Waals surface area contributed by atoms with E-state index in [-0.39, 0.29) is 0 Å². The molecule has 0 radical (unpaired) electrons. The Morgan fingerprint density at radius 1 is 1.30 bits per heavy atom. The van der Waals surface area contributed by atoms with Gasteiger partial charge >= 0.3 is 0 Å². The van der Waals surface area contributed by atoms with E-state index in [0.717, 1.165) is 23.6 Å².